The van der Waals surface area contributed by atoms with Gasteiger partial charge in [0.25, 0.3) is 5.91 Å². The minimum Gasteiger partial charge on any atom is -0.352 e. The highest BCUT2D eigenvalue weighted by atomic mass is 16.1. The maximum absolute atomic E-state index is 11.6. The van der Waals surface area contributed by atoms with Crippen molar-refractivity contribution in [2.75, 3.05) is 6.54 Å². The fourth-order valence-electron chi connectivity index (χ4n) is 1.16. The van der Waals surface area contributed by atoms with E-state index in [0.29, 0.717) is 12.1 Å². The molecule has 1 N–H and O–H groups in total. The molecule has 0 radical (unpaired) electrons. The third-order valence-corrected chi connectivity index (χ3v) is 2.10. The van der Waals surface area contributed by atoms with Crippen molar-refractivity contribution in [3.05, 3.63) is 30.1 Å². The zero-order valence-corrected chi connectivity index (χ0v) is 9.58. The Morgan fingerprint density at radius 3 is 2.47 bits per heavy atom. The van der Waals surface area contributed by atoms with Crippen molar-refractivity contribution in [2.24, 2.45) is 5.41 Å². The molecule has 0 aliphatic rings. The number of rotatable bonds is 3. The van der Waals surface area contributed by atoms with Crippen molar-refractivity contribution in [3.63, 3.8) is 0 Å². The van der Waals surface area contributed by atoms with Crippen molar-refractivity contribution in [1.82, 2.24) is 10.3 Å². The number of carbonyl (C=O) groups is 1. The van der Waals surface area contributed by atoms with E-state index < -0.39 is 0 Å². The van der Waals surface area contributed by atoms with Crippen molar-refractivity contribution >= 4 is 5.91 Å². The van der Waals surface area contributed by atoms with E-state index in [0.717, 1.165) is 6.42 Å². The summed E-state index contributed by atoms with van der Waals surface area (Å²) in [7, 11) is 0. The zero-order chi connectivity index (χ0) is 11.3. The molecule has 0 atom stereocenters. The highest BCUT2D eigenvalue weighted by Crippen LogP contribution is 2.16. The van der Waals surface area contributed by atoms with E-state index in [4.69, 9.17) is 0 Å². The molecule has 1 aromatic heterocycles. The van der Waals surface area contributed by atoms with Crippen LogP contribution in [0.3, 0.4) is 0 Å². The SMILES string of the molecule is CC(C)(C)CCNC(=O)c1ccncc1. The molecule has 15 heavy (non-hydrogen) atoms. The van der Waals surface area contributed by atoms with Crippen LogP contribution >= 0.6 is 0 Å². The van der Waals surface area contributed by atoms with Crippen LogP contribution in [0.4, 0.5) is 0 Å². The lowest BCUT2D eigenvalue weighted by Crippen LogP contribution is -2.27. The molecule has 0 saturated heterocycles. The lowest BCUT2D eigenvalue weighted by molar-refractivity contribution is 0.0949. The molecule has 1 heterocycles. The van der Waals surface area contributed by atoms with Gasteiger partial charge in [0, 0.05) is 24.5 Å². The fraction of sp³-hybridized carbons (Fsp3) is 0.500. The number of carbonyl (C=O) groups excluding carboxylic acids is 1. The lowest BCUT2D eigenvalue weighted by Gasteiger charge is -2.17. The molecule has 0 aliphatic heterocycles. The molecule has 0 aliphatic carbocycles. The Kier molecular flexibility index (Phi) is 3.83. The van der Waals surface area contributed by atoms with E-state index in [1.54, 1.807) is 24.5 Å². The first-order valence-corrected chi connectivity index (χ1v) is 5.17. The molecule has 0 saturated carbocycles. The summed E-state index contributed by atoms with van der Waals surface area (Å²) in [6, 6.07) is 3.43. The van der Waals surface area contributed by atoms with E-state index in [2.05, 4.69) is 31.1 Å². The first kappa shape index (κ1) is 11.7. The molecule has 0 unspecified atom stereocenters. The molecule has 0 spiro atoms. The zero-order valence-electron chi connectivity index (χ0n) is 9.58. The predicted molar refractivity (Wildman–Crippen MR) is 60.6 cm³/mol. The Bertz CT molecular complexity index is 314. The molecule has 0 bridgehead atoms. The Morgan fingerprint density at radius 1 is 1.33 bits per heavy atom. The maximum Gasteiger partial charge on any atom is 0.251 e. The monoisotopic (exact) mass is 206 g/mol. The van der Waals surface area contributed by atoms with E-state index >= 15 is 0 Å². The lowest BCUT2D eigenvalue weighted by atomic mass is 9.92. The Labute approximate surface area is 90.9 Å². The third-order valence-electron chi connectivity index (χ3n) is 2.10. The average Bonchev–Trinajstić information content (AvgIpc) is 2.17. The average molecular weight is 206 g/mol. The summed E-state index contributed by atoms with van der Waals surface area (Å²) in [6.07, 6.45) is 4.22. The molecule has 0 aromatic carbocycles. The molecule has 82 valence electrons. The van der Waals surface area contributed by atoms with Crippen molar-refractivity contribution in [1.29, 1.82) is 0 Å². The summed E-state index contributed by atoms with van der Waals surface area (Å²) in [4.78, 5) is 15.5. The van der Waals surface area contributed by atoms with Crippen molar-refractivity contribution in [3.8, 4) is 0 Å². The van der Waals surface area contributed by atoms with Gasteiger partial charge in [-0.1, -0.05) is 20.8 Å². The van der Waals surface area contributed by atoms with Gasteiger partial charge in [-0.3, -0.25) is 9.78 Å². The van der Waals surface area contributed by atoms with Crippen LogP contribution < -0.4 is 5.32 Å². The second kappa shape index (κ2) is 4.91. The number of pyridine rings is 1. The standard InChI is InChI=1S/C12H18N2O/c1-12(2,3)6-9-14-11(15)10-4-7-13-8-5-10/h4-5,7-8H,6,9H2,1-3H3,(H,14,15). The van der Waals surface area contributed by atoms with E-state index in [-0.39, 0.29) is 11.3 Å². The van der Waals surface area contributed by atoms with Crippen LogP contribution in [0, 0.1) is 5.41 Å². The van der Waals surface area contributed by atoms with Crippen LogP contribution in [-0.2, 0) is 0 Å². The minimum atomic E-state index is -0.0262. The number of nitrogens with one attached hydrogen (secondary N) is 1. The van der Waals surface area contributed by atoms with Gasteiger partial charge >= 0.3 is 0 Å². The number of amides is 1. The summed E-state index contributed by atoms with van der Waals surface area (Å²) >= 11 is 0. The highest BCUT2D eigenvalue weighted by molar-refractivity contribution is 5.93. The van der Waals surface area contributed by atoms with Crippen LogP contribution in [0.25, 0.3) is 0 Å². The van der Waals surface area contributed by atoms with Gasteiger partial charge in [0.15, 0.2) is 0 Å². The number of hydrogen-bond acceptors (Lipinski definition) is 2. The Hall–Kier alpha value is -1.38. The molecule has 1 rings (SSSR count). The normalized spacial score (nSPS) is 11.1. The van der Waals surface area contributed by atoms with E-state index in [9.17, 15) is 4.79 Å². The van der Waals surface area contributed by atoms with E-state index in [1.165, 1.54) is 0 Å². The third kappa shape index (κ3) is 4.58. The van der Waals surface area contributed by atoms with Crippen LogP contribution in [0.15, 0.2) is 24.5 Å². The maximum atomic E-state index is 11.6. The van der Waals surface area contributed by atoms with Gasteiger partial charge in [0.2, 0.25) is 0 Å². The quantitative estimate of drug-likeness (QED) is 0.824. The minimum absolute atomic E-state index is 0.0262. The molecular formula is C12H18N2O. The van der Waals surface area contributed by atoms with Gasteiger partial charge in [0.05, 0.1) is 0 Å². The number of hydrogen-bond donors (Lipinski definition) is 1. The molecule has 1 aromatic rings. The summed E-state index contributed by atoms with van der Waals surface area (Å²) in [6.45, 7) is 7.19. The molecule has 3 heteroatoms. The Balaban J connectivity index is 2.38. The van der Waals surface area contributed by atoms with Gasteiger partial charge in [-0.05, 0) is 24.0 Å². The summed E-state index contributed by atoms with van der Waals surface area (Å²) in [5, 5.41) is 2.89. The molecule has 1 amide bonds. The topological polar surface area (TPSA) is 42.0 Å². The number of nitrogens with zero attached hydrogens (tertiary/aromatic N) is 1. The second-order valence-corrected chi connectivity index (χ2v) is 4.80. The van der Waals surface area contributed by atoms with Crippen molar-refractivity contribution < 1.29 is 4.79 Å². The van der Waals surface area contributed by atoms with Gasteiger partial charge in [-0.15, -0.1) is 0 Å². The molecular weight excluding hydrogens is 188 g/mol. The smallest absolute Gasteiger partial charge is 0.251 e. The number of aromatic nitrogens is 1. The summed E-state index contributed by atoms with van der Waals surface area (Å²) in [5.41, 5.74) is 0.921. The molecule has 0 fully saturated rings. The van der Waals surface area contributed by atoms with Crippen LogP contribution in [0.5, 0.6) is 0 Å². The summed E-state index contributed by atoms with van der Waals surface area (Å²) < 4.78 is 0. The summed E-state index contributed by atoms with van der Waals surface area (Å²) in [5.74, 6) is -0.0262. The van der Waals surface area contributed by atoms with Gasteiger partial charge < -0.3 is 5.32 Å². The van der Waals surface area contributed by atoms with Crippen LogP contribution in [0.1, 0.15) is 37.6 Å². The van der Waals surface area contributed by atoms with Gasteiger partial charge in [-0.2, -0.15) is 0 Å². The Morgan fingerprint density at radius 2 is 1.93 bits per heavy atom. The van der Waals surface area contributed by atoms with Crippen LogP contribution in [0.2, 0.25) is 0 Å². The van der Waals surface area contributed by atoms with Gasteiger partial charge in [0.1, 0.15) is 0 Å². The van der Waals surface area contributed by atoms with Gasteiger partial charge in [-0.25, -0.2) is 0 Å². The van der Waals surface area contributed by atoms with Crippen LogP contribution in [-0.4, -0.2) is 17.4 Å². The highest BCUT2D eigenvalue weighted by Gasteiger charge is 2.10. The largest absolute Gasteiger partial charge is 0.352 e. The first-order chi connectivity index (χ1) is 6.99. The molecule has 3 nitrogen and oxygen atoms in total. The van der Waals surface area contributed by atoms with Crippen molar-refractivity contribution in [2.45, 2.75) is 27.2 Å². The second-order valence-electron chi connectivity index (χ2n) is 4.80. The van der Waals surface area contributed by atoms with E-state index in [1.807, 2.05) is 0 Å². The fourth-order valence-corrected chi connectivity index (χ4v) is 1.16. The predicted octanol–water partition coefficient (Wildman–Crippen LogP) is 2.25. The first-order valence-electron chi connectivity index (χ1n) is 5.17.